The molecule has 1 atom stereocenters. The monoisotopic (exact) mass is 1680 g/mol. The Bertz CT molecular complexity index is 6030. The van der Waals surface area contributed by atoms with Crippen molar-refractivity contribution in [1.82, 2.24) is 69.3 Å². The number of hydrogen-bond donors (Lipinski definition) is 5. The highest BCUT2D eigenvalue weighted by molar-refractivity contribution is 6.33. The Morgan fingerprint density at radius 2 is 0.886 bits per heavy atom. The predicted octanol–water partition coefficient (Wildman–Crippen LogP) is 20.6. The SMILES string of the molecule is CCOc1ccc(-n2c(C)c3c(C)nnc(NC(C)C)c3c2C)cc1.CCOc1ccc(-n2c(C)c3c(C)nnc(NCCC4CCCCO4)c3c2C)cc1.CCOc1ccc(-n2c(C)c3c(C)nnc(NCc4cc(C5CC5)n[nH]4)c3c2C)cc1.CCOc1ccc(-n2c(C)c3c(C)nnc(Nc4ccc(N5CCOCC5)c(Cl)c4)c3c2C)c(OC)c1. The minimum atomic E-state index is 0.300. The van der Waals surface area contributed by atoms with Crippen molar-refractivity contribution in [2.75, 3.05) is 99.2 Å². The van der Waals surface area contributed by atoms with Crippen LogP contribution in [0.5, 0.6) is 28.7 Å². The molecule has 27 heteroatoms. The van der Waals surface area contributed by atoms with Crippen molar-refractivity contribution in [3.63, 3.8) is 0 Å². The molecule has 0 amide bonds. The molecular weight excluding hydrogens is 1570 g/mol. The number of fused-ring (bicyclic) bond motifs is 4. The van der Waals surface area contributed by atoms with Crippen LogP contribution in [-0.2, 0) is 16.0 Å². The van der Waals surface area contributed by atoms with E-state index in [1.54, 1.807) is 7.11 Å². The fraction of sp³-hybridized carbons (Fsp3) is 0.406. The standard InChI is InChI=1S/C28H32ClN5O3.C24H28N6O.C24H32N4O2.C20H26N4O/c1-6-37-21-8-10-24(25(16-21)35-5)34-18(3)26-17(2)31-32-28(27(26)19(34)4)30-20-7-9-23(22(29)15-20)33-11-13-36-14-12-33;1-5-31-20-10-8-19(9-11-20)30-15(3)22-14(2)26-29-24(23(22)16(30)4)25-13-18-12-21(28-27-18)17-6-7-17;1-5-29-21-11-9-19(10-12-21)28-17(3)22-16(2)26-27-24(23(22)18(28)4)25-14-13-20-8-6-7-15-30-20;1-7-25-17-10-8-16(9-11-17)24-14(5)18-13(4)22-23-20(21-12(2)3)19(18)15(24)6/h7-10,15-16H,6,11-14H2,1-5H3,(H,30,32);8-12,17H,5-7,13H2,1-4H3,(H,25,29)(H,27,28);9-12,20H,5-8,13-15H2,1-4H3,(H,25,27);8-12H,7H2,1-6H3,(H,21,23). The van der Waals surface area contributed by atoms with Crippen molar-refractivity contribution in [1.29, 1.82) is 0 Å². The van der Waals surface area contributed by atoms with Gasteiger partial charge >= 0.3 is 0 Å². The van der Waals surface area contributed by atoms with Gasteiger partial charge in [-0.15, -0.1) is 20.4 Å². The lowest BCUT2D eigenvalue weighted by Crippen LogP contribution is -2.36. The number of hydrogen-bond acceptors (Lipinski definition) is 21. The fourth-order valence-corrected chi connectivity index (χ4v) is 17.8. The van der Waals surface area contributed by atoms with Crippen LogP contribution in [0.1, 0.15) is 166 Å². The summed E-state index contributed by atoms with van der Waals surface area (Å²) in [7, 11) is 1.67. The van der Waals surface area contributed by atoms with Crippen molar-refractivity contribution in [2.45, 2.75) is 188 Å². The topological polar surface area (TPSA) is 267 Å². The molecule has 1 unspecified atom stereocenters. The number of nitrogens with zero attached hydrogens (tertiary/aromatic N) is 14. The highest BCUT2D eigenvalue weighted by Gasteiger charge is 2.29. The molecule has 0 radical (unpaired) electrons. The van der Waals surface area contributed by atoms with E-state index in [0.29, 0.717) is 75.1 Å². The van der Waals surface area contributed by atoms with Gasteiger partial charge in [0.25, 0.3) is 0 Å². The van der Waals surface area contributed by atoms with Gasteiger partial charge in [0.2, 0.25) is 0 Å². The number of H-pyrrole nitrogens is 1. The Kier molecular flexibility index (Phi) is 27.7. The molecule has 9 aromatic heterocycles. The maximum Gasteiger partial charge on any atom is 0.162 e. The number of aromatic amines is 1. The molecule has 17 rings (SSSR count). The number of nitrogens with one attached hydrogen (secondary N) is 5. The average molecular weight is 1690 g/mol. The highest BCUT2D eigenvalue weighted by Crippen LogP contribution is 2.43. The highest BCUT2D eigenvalue weighted by atomic mass is 35.5. The first-order valence-corrected chi connectivity index (χ1v) is 43.6. The summed E-state index contributed by atoms with van der Waals surface area (Å²) in [6, 6.07) is 39.1. The molecule has 0 bridgehead atoms. The summed E-state index contributed by atoms with van der Waals surface area (Å²) in [5.74, 6) is 7.99. The smallest absolute Gasteiger partial charge is 0.162 e. The number of ether oxygens (including phenoxy) is 7. The molecule has 11 heterocycles. The number of anilines is 6. The maximum absolute atomic E-state index is 6.69. The van der Waals surface area contributed by atoms with Crippen LogP contribution < -0.4 is 49.9 Å². The first-order valence-electron chi connectivity index (χ1n) is 43.2. The minimum Gasteiger partial charge on any atom is -0.494 e. The molecule has 14 aromatic rings. The van der Waals surface area contributed by atoms with Crippen molar-refractivity contribution < 1.29 is 33.2 Å². The third-order valence-corrected chi connectivity index (χ3v) is 23.5. The van der Waals surface area contributed by atoms with Gasteiger partial charge in [0, 0.05) is 156 Å². The number of methoxy groups -OCH3 is 1. The Morgan fingerprint density at radius 1 is 0.455 bits per heavy atom. The zero-order chi connectivity index (χ0) is 86.9. The van der Waals surface area contributed by atoms with Crippen LogP contribution in [0.3, 0.4) is 0 Å². The third-order valence-electron chi connectivity index (χ3n) is 23.2. The number of aryl methyl sites for hydroxylation is 12. The second-order valence-corrected chi connectivity index (χ2v) is 32.4. The van der Waals surface area contributed by atoms with E-state index in [-0.39, 0.29) is 0 Å². The molecule has 3 aliphatic rings. The zero-order valence-electron chi connectivity index (χ0n) is 74.7. The number of aromatic nitrogens is 14. The van der Waals surface area contributed by atoms with Crippen molar-refractivity contribution in [2.24, 2.45) is 0 Å². The lowest BCUT2D eigenvalue weighted by molar-refractivity contribution is 0.0134. The van der Waals surface area contributed by atoms with Gasteiger partial charge in [0.15, 0.2) is 23.3 Å². The van der Waals surface area contributed by atoms with Crippen LogP contribution in [0.15, 0.2) is 115 Å². The summed E-state index contributed by atoms with van der Waals surface area (Å²) >= 11 is 6.69. The van der Waals surface area contributed by atoms with Gasteiger partial charge in [-0.2, -0.15) is 25.5 Å². The summed E-state index contributed by atoms with van der Waals surface area (Å²) in [5, 5.41) is 66.8. The van der Waals surface area contributed by atoms with Crippen LogP contribution >= 0.6 is 11.6 Å². The van der Waals surface area contributed by atoms with Gasteiger partial charge in [-0.3, -0.25) is 5.10 Å². The summed E-state index contributed by atoms with van der Waals surface area (Å²) in [4.78, 5) is 2.25. The molecule has 26 nitrogen and oxygen atoms in total. The summed E-state index contributed by atoms with van der Waals surface area (Å²) in [6.45, 7) is 45.3. The molecule has 3 fully saturated rings. The van der Waals surface area contributed by atoms with Crippen LogP contribution in [0.4, 0.5) is 34.6 Å². The largest absolute Gasteiger partial charge is 0.494 e. The van der Waals surface area contributed by atoms with Gasteiger partial charge in [0.1, 0.15) is 28.7 Å². The zero-order valence-corrected chi connectivity index (χ0v) is 75.5. The summed E-state index contributed by atoms with van der Waals surface area (Å²) in [5.41, 5.74) is 21.2. The Hall–Kier alpha value is -12.0. The molecule has 2 saturated heterocycles. The van der Waals surface area contributed by atoms with E-state index >= 15 is 0 Å². The van der Waals surface area contributed by atoms with Crippen LogP contribution in [-0.4, -0.2) is 154 Å². The Balaban J connectivity index is 0.000000135. The van der Waals surface area contributed by atoms with Crippen LogP contribution in [0, 0.1) is 83.1 Å². The van der Waals surface area contributed by atoms with Gasteiger partial charge in [-0.05, 0) is 272 Å². The Labute approximate surface area is 726 Å². The van der Waals surface area contributed by atoms with E-state index in [9.17, 15) is 0 Å². The second-order valence-electron chi connectivity index (χ2n) is 31.9. The van der Waals surface area contributed by atoms with Crippen LogP contribution in [0.2, 0.25) is 5.02 Å². The van der Waals surface area contributed by atoms with E-state index in [2.05, 4.69) is 207 Å². The molecule has 5 N–H and O–H groups in total. The van der Waals surface area contributed by atoms with Crippen molar-refractivity contribution >= 4 is 89.3 Å². The van der Waals surface area contributed by atoms with E-state index < -0.39 is 0 Å². The predicted molar refractivity (Wildman–Crippen MR) is 495 cm³/mol. The van der Waals surface area contributed by atoms with Gasteiger partial charge in [0.05, 0.1) is 110 Å². The first kappa shape index (κ1) is 87.4. The quantitative estimate of drug-likeness (QED) is 0.0337. The van der Waals surface area contributed by atoms with E-state index in [1.165, 1.54) is 59.2 Å². The van der Waals surface area contributed by atoms with Crippen LogP contribution in [0.25, 0.3) is 65.8 Å². The average Bonchev–Trinajstić information content (AvgIpc) is 1.61. The van der Waals surface area contributed by atoms with E-state index in [1.807, 2.05) is 128 Å². The van der Waals surface area contributed by atoms with Gasteiger partial charge in [-0.25, -0.2) is 0 Å². The molecule has 0 spiro atoms. The van der Waals surface area contributed by atoms with E-state index in [0.717, 1.165) is 209 Å². The lowest BCUT2D eigenvalue weighted by Gasteiger charge is -2.29. The normalized spacial score (nSPS) is 14.0. The molecule has 1 saturated carbocycles. The van der Waals surface area contributed by atoms with Crippen molar-refractivity contribution in [3.05, 3.63) is 200 Å². The number of rotatable bonds is 26. The number of benzene rings is 5. The fourth-order valence-electron chi connectivity index (χ4n) is 17.5. The van der Waals surface area contributed by atoms with Crippen molar-refractivity contribution in [3.8, 4) is 51.5 Å². The molecule has 646 valence electrons. The molecule has 1 aliphatic carbocycles. The summed E-state index contributed by atoms with van der Waals surface area (Å²) < 4.78 is 48.5. The minimum absolute atomic E-state index is 0.300. The van der Waals surface area contributed by atoms with E-state index in [4.69, 9.17) is 44.8 Å². The number of halogens is 1. The van der Waals surface area contributed by atoms with Gasteiger partial charge < -0.3 is 77.6 Å². The van der Waals surface area contributed by atoms with Gasteiger partial charge in [-0.1, -0.05) is 11.6 Å². The molecule has 2 aliphatic heterocycles. The maximum atomic E-state index is 6.69. The molecule has 5 aromatic carbocycles. The summed E-state index contributed by atoms with van der Waals surface area (Å²) in [6.07, 6.45) is 7.46. The molecular formula is C96H118ClN19O7. The number of morpholine rings is 1. The second kappa shape index (κ2) is 39.0. The third kappa shape index (κ3) is 18.8. The lowest BCUT2D eigenvalue weighted by atomic mass is 10.1. The Morgan fingerprint density at radius 3 is 1.35 bits per heavy atom. The molecule has 123 heavy (non-hydrogen) atoms. The first-order chi connectivity index (χ1) is 59.5.